The van der Waals surface area contributed by atoms with Crippen molar-refractivity contribution in [3.05, 3.63) is 48.3 Å². The molecule has 1 fully saturated rings. The number of nitrogens with one attached hydrogen (secondary N) is 1. The van der Waals surface area contributed by atoms with Crippen LogP contribution in [0.2, 0.25) is 0 Å². The quantitative estimate of drug-likeness (QED) is 0.916. The summed E-state index contributed by atoms with van der Waals surface area (Å²) in [5.41, 5.74) is 1.20. The minimum atomic E-state index is -0.326. The lowest BCUT2D eigenvalue weighted by Crippen LogP contribution is -2.49. The molecule has 0 bridgehead atoms. The summed E-state index contributed by atoms with van der Waals surface area (Å²) < 4.78 is 15.9. The molecule has 6 heteroatoms. The van der Waals surface area contributed by atoms with Crippen LogP contribution in [0.25, 0.3) is 5.69 Å². The van der Waals surface area contributed by atoms with E-state index in [2.05, 4.69) is 22.1 Å². The summed E-state index contributed by atoms with van der Waals surface area (Å²) in [6.07, 6.45) is 8.00. The highest BCUT2D eigenvalue weighted by Crippen LogP contribution is 2.18. The normalized spacial score (nSPS) is 18.5. The molecular weight excluding hydrogens is 307 g/mol. The van der Waals surface area contributed by atoms with Crippen molar-refractivity contribution in [1.29, 1.82) is 0 Å². The fraction of sp³-hybridized carbons (Fsp3) is 0.444. The van der Waals surface area contributed by atoms with Crippen LogP contribution < -0.4 is 5.32 Å². The molecule has 24 heavy (non-hydrogen) atoms. The summed E-state index contributed by atoms with van der Waals surface area (Å²) in [7, 11) is 0. The standard InChI is InChI=1S/C18H23FN4O/c1-2-22-9-4-3-5-17(22)18(24)21-12-14-6-7-16(15(19)11-14)23-10-8-20-13-23/h6-8,10-11,13,17H,2-5,9,12H2,1H3,(H,21,24). The first-order chi connectivity index (χ1) is 11.7. The van der Waals surface area contributed by atoms with Crippen molar-refractivity contribution in [2.75, 3.05) is 13.1 Å². The first-order valence-corrected chi connectivity index (χ1v) is 8.47. The largest absolute Gasteiger partial charge is 0.351 e. The minimum Gasteiger partial charge on any atom is -0.351 e. The van der Waals surface area contributed by atoms with Crippen LogP contribution in [0.4, 0.5) is 4.39 Å². The molecule has 3 rings (SSSR count). The molecule has 1 unspecified atom stereocenters. The molecule has 1 aromatic carbocycles. The number of hydrogen-bond donors (Lipinski definition) is 1. The van der Waals surface area contributed by atoms with Gasteiger partial charge in [-0.05, 0) is 43.6 Å². The first-order valence-electron chi connectivity index (χ1n) is 8.47. The number of aromatic nitrogens is 2. The van der Waals surface area contributed by atoms with E-state index in [0.717, 1.165) is 37.9 Å². The molecule has 5 nitrogen and oxygen atoms in total. The van der Waals surface area contributed by atoms with Crippen LogP contribution >= 0.6 is 0 Å². The van der Waals surface area contributed by atoms with E-state index >= 15 is 0 Å². The third-order valence-electron chi connectivity index (χ3n) is 4.58. The Balaban J connectivity index is 1.62. The molecule has 1 aliphatic rings. The van der Waals surface area contributed by atoms with E-state index < -0.39 is 0 Å². The number of likely N-dealkylation sites (N-methyl/N-ethyl adjacent to an activating group) is 1. The summed E-state index contributed by atoms with van der Waals surface area (Å²) in [6, 6.07) is 4.95. The van der Waals surface area contributed by atoms with Crippen LogP contribution in [-0.4, -0.2) is 39.5 Å². The number of amides is 1. The molecule has 1 aromatic heterocycles. The topological polar surface area (TPSA) is 50.2 Å². The number of rotatable bonds is 5. The van der Waals surface area contributed by atoms with Crippen molar-refractivity contribution >= 4 is 5.91 Å². The number of carbonyl (C=O) groups excluding carboxylic acids is 1. The highest BCUT2D eigenvalue weighted by atomic mass is 19.1. The maximum Gasteiger partial charge on any atom is 0.237 e. The van der Waals surface area contributed by atoms with Gasteiger partial charge in [0.2, 0.25) is 5.91 Å². The predicted molar refractivity (Wildman–Crippen MR) is 90.3 cm³/mol. The van der Waals surface area contributed by atoms with Crippen LogP contribution in [0.1, 0.15) is 31.7 Å². The summed E-state index contributed by atoms with van der Waals surface area (Å²) in [4.78, 5) is 18.6. The molecule has 0 saturated carbocycles. The smallest absolute Gasteiger partial charge is 0.237 e. The third-order valence-corrected chi connectivity index (χ3v) is 4.58. The molecule has 0 spiro atoms. The van der Waals surface area contributed by atoms with Gasteiger partial charge in [-0.3, -0.25) is 9.69 Å². The SMILES string of the molecule is CCN1CCCCC1C(=O)NCc1ccc(-n2ccnc2)c(F)c1. The minimum absolute atomic E-state index is 0.0376. The van der Waals surface area contributed by atoms with Crippen molar-refractivity contribution in [2.24, 2.45) is 0 Å². The van der Waals surface area contributed by atoms with E-state index in [-0.39, 0.29) is 17.8 Å². The van der Waals surface area contributed by atoms with E-state index in [4.69, 9.17) is 0 Å². The maximum atomic E-state index is 14.2. The van der Waals surface area contributed by atoms with Crippen LogP contribution in [0, 0.1) is 5.82 Å². The van der Waals surface area contributed by atoms with Gasteiger partial charge in [0.25, 0.3) is 0 Å². The Kier molecular flexibility index (Phi) is 5.25. The Labute approximate surface area is 141 Å². The zero-order valence-corrected chi connectivity index (χ0v) is 13.9. The van der Waals surface area contributed by atoms with E-state index in [1.807, 2.05) is 6.07 Å². The molecule has 2 aromatic rings. The van der Waals surface area contributed by atoms with Gasteiger partial charge in [0.1, 0.15) is 5.82 Å². The number of nitrogens with zero attached hydrogens (tertiary/aromatic N) is 3. The fourth-order valence-corrected chi connectivity index (χ4v) is 3.24. The maximum absolute atomic E-state index is 14.2. The third kappa shape index (κ3) is 3.64. The zero-order chi connectivity index (χ0) is 16.9. The zero-order valence-electron chi connectivity index (χ0n) is 13.9. The van der Waals surface area contributed by atoms with Crippen LogP contribution in [0.5, 0.6) is 0 Å². The first kappa shape index (κ1) is 16.6. The molecule has 1 amide bonds. The number of halogens is 1. The number of imidazole rings is 1. The lowest BCUT2D eigenvalue weighted by molar-refractivity contribution is -0.127. The van der Waals surface area contributed by atoms with Gasteiger partial charge in [-0.25, -0.2) is 9.37 Å². The van der Waals surface area contributed by atoms with Gasteiger partial charge in [0.05, 0.1) is 18.1 Å². The van der Waals surface area contributed by atoms with Crippen molar-refractivity contribution in [2.45, 2.75) is 38.8 Å². The molecule has 2 heterocycles. The fourth-order valence-electron chi connectivity index (χ4n) is 3.24. The average molecular weight is 330 g/mol. The Morgan fingerprint density at radius 2 is 2.29 bits per heavy atom. The molecule has 128 valence electrons. The van der Waals surface area contributed by atoms with Crippen LogP contribution in [0.3, 0.4) is 0 Å². The van der Waals surface area contributed by atoms with Crippen molar-refractivity contribution in [3.8, 4) is 5.69 Å². The second-order valence-corrected chi connectivity index (χ2v) is 6.11. The van der Waals surface area contributed by atoms with E-state index in [1.54, 1.807) is 29.4 Å². The highest BCUT2D eigenvalue weighted by Gasteiger charge is 2.27. The van der Waals surface area contributed by atoms with Gasteiger partial charge in [0.15, 0.2) is 0 Å². The van der Waals surface area contributed by atoms with Gasteiger partial charge >= 0.3 is 0 Å². The summed E-state index contributed by atoms with van der Waals surface area (Å²) in [5.74, 6) is -0.289. The van der Waals surface area contributed by atoms with Gasteiger partial charge in [-0.1, -0.05) is 19.4 Å². The number of piperidine rings is 1. The molecule has 1 saturated heterocycles. The molecule has 1 N–H and O–H groups in total. The lowest BCUT2D eigenvalue weighted by Gasteiger charge is -2.33. The molecule has 1 aliphatic heterocycles. The predicted octanol–water partition coefficient (Wildman–Crippen LogP) is 2.50. The molecular formula is C18H23FN4O. The molecule has 0 radical (unpaired) electrons. The van der Waals surface area contributed by atoms with Crippen LogP contribution in [0.15, 0.2) is 36.9 Å². The number of hydrogen-bond acceptors (Lipinski definition) is 3. The summed E-state index contributed by atoms with van der Waals surface area (Å²) in [5, 5.41) is 2.95. The van der Waals surface area contributed by atoms with Crippen molar-refractivity contribution in [3.63, 3.8) is 0 Å². The van der Waals surface area contributed by atoms with E-state index in [0.29, 0.717) is 12.2 Å². The Morgan fingerprint density at radius 3 is 3.00 bits per heavy atom. The van der Waals surface area contributed by atoms with Gasteiger partial charge < -0.3 is 9.88 Å². The van der Waals surface area contributed by atoms with Gasteiger partial charge in [-0.15, -0.1) is 0 Å². The number of likely N-dealkylation sites (tertiary alicyclic amines) is 1. The molecule has 1 atom stereocenters. The highest BCUT2D eigenvalue weighted by molar-refractivity contribution is 5.81. The summed E-state index contributed by atoms with van der Waals surface area (Å²) in [6.45, 7) is 4.28. The Hall–Kier alpha value is -2.21. The second-order valence-electron chi connectivity index (χ2n) is 6.11. The Morgan fingerprint density at radius 1 is 1.42 bits per heavy atom. The van der Waals surface area contributed by atoms with Crippen LogP contribution in [-0.2, 0) is 11.3 Å². The van der Waals surface area contributed by atoms with E-state index in [1.165, 1.54) is 6.07 Å². The lowest BCUT2D eigenvalue weighted by atomic mass is 10.0. The molecule has 0 aliphatic carbocycles. The summed E-state index contributed by atoms with van der Waals surface area (Å²) >= 11 is 0. The number of carbonyl (C=O) groups is 1. The van der Waals surface area contributed by atoms with Gasteiger partial charge in [-0.2, -0.15) is 0 Å². The second kappa shape index (κ2) is 7.57. The van der Waals surface area contributed by atoms with Crippen molar-refractivity contribution < 1.29 is 9.18 Å². The Bertz CT molecular complexity index is 686. The average Bonchev–Trinajstić information content (AvgIpc) is 3.14. The number of benzene rings is 1. The van der Waals surface area contributed by atoms with E-state index in [9.17, 15) is 9.18 Å². The van der Waals surface area contributed by atoms with Crippen molar-refractivity contribution in [1.82, 2.24) is 19.8 Å². The van der Waals surface area contributed by atoms with Gasteiger partial charge in [0, 0.05) is 18.9 Å². The monoisotopic (exact) mass is 330 g/mol.